The molecule has 7 heteroatoms. The van der Waals surface area contributed by atoms with Gasteiger partial charge in [-0.1, -0.05) is 24.3 Å². The molecule has 0 bridgehead atoms. The molecular weight excluding hydrogens is 370 g/mol. The molecular formula is C22H27N3O4. The molecule has 0 aromatic heterocycles. The van der Waals surface area contributed by atoms with Gasteiger partial charge in [0.2, 0.25) is 5.91 Å². The van der Waals surface area contributed by atoms with Crippen LogP contribution in [-0.2, 0) is 9.53 Å². The molecule has 1 aliphatic rings. The van der Waals surface area contributed by atoms with Gasteiger partial charge in [0.15, 0.2) is 0 Å². The smallest absolute Gasteiger partial charge is 0.414 e. The largest absolute Gasteiger partial charge is 0.492 e. The third kappa shape index (κ3) is 5.71. The number of benzene rings is 2. The fraction of sp³-hybridized carbons (Fsp3) is 0.364. The Bertz CT molecular complexity index is 834. The van der Waals surface area contributed by atoms with Crippen molar-refractivity contribution in [2.45, 2.75) is 13.0 Å². The number of carbonyl (C=O) groups excluding carboxylic acids is 2. The van der Waals surface area contributed by atoms with Crippen LogP contribution in [0.3, 0.4) is 0 Å². The van der Waals surface area contributed by atoms with E-state index in [1.807, 2.05) is 62.6 Å². The average molecular weight is 397 g/mol. The first-order valence-electron chi connectivity index (χ1n) is 9.63. The number of amides is 2. The van der Waals surface area contributed by atoms with Gasteiger partial charge in [-0.15, -0.1) is 0 Å². The van der Waals surface area contributed by atoms with Crippen LogP contribution in [-0.4, -0.2) is 63.3 Å². The summed E-state index contributed by atoms with van der Waals surface area (Å²) in [6.07, 6.45) is -0.738. The van der Waals surface area contributed by atoms with Crippen molar-refractivity contribution < 1.29 is 19.1 Å². The molecule has 1 saturated heterocycles. The Morgan fingerprint density at radius 3 is 2.34 bits per heavy atom. The summed E-state index contributed by atoms with van der Waals surface area (Å²) in [5.41, 5.74) is 2.90. The van der Waals surface area contributed by atoms with Gasteiger partial charge in [-0.25, -0.2) is 4.79 Å². The fourth-order valence-corrected chi connectivity index (χ4v) is 3.02. The molecule has 1 heterocycles. The number of ether oxygens (including phenoxy) is 2. The lowest BCUT2D eigenvalue weighted by Crippen LogP contribution is -2.33. The number of cyclic esters (lactones) is 1. The van der Waals surface area contributed by atoms with Crippen LogP contribution in [0.1, 0.15) is 6.92 Å². The Morgan fingerprint density at radius 2 is 1.76 bits per heavy atom. The number of nitrogens with zero attached hydrogens (tertiary/aromatic N) is 2. The van der Waals surface area contributed by atoms with Gasteiger partial charge in [-0.05, 0) is 49.5 Å². The van der Waals surface area contributed by atoms with Gasteiger partial charge in [0.25, 0.3) is 0 Å². The molecule has 1 atom stereocenters. The van der Waals surface area contributed by atoms with E-state index >= 15 is 0 Å². The molecule has 0 radical (unpaired) electrons. The van der Waals surface area contributed by atoms with Crippen LogP contribution in [0.25, 0.3) is 11.1 Å². The van der Waals surface area contributed by atoms with E-state index < -0.39 is 6.09 Å². The SMILES string of the molecule is CC(=O)NCC1CN(c2ccc(-c3ccc(OCCN(C)C)cc3)cc2)C(=O)O1. The van der Waals surface area contributed by atoms with Gasteiger partial charge in [-0.2, -0.15) is 0 Å². The Balaban J connectivity index is 1.60. The molecule has 0 saturated carbocycles. The highest BCUT2D eigenvalue weighted by molar-refractivity contribution is 5.90. The number of hydrogen-bond acceptors (Lipinski definition) is 5. The van der Waals surface area contributed by atoms with Crippen LogP contribution in [0.2, 0.25) is 0 Å². The van der Waals surface area contributed by atoms with Crippen molar-refractivity contribution in [3.63, 3.8) is 0 Å². The Labute approximate surface area is 171 Å². The van der Waals surface area contributed by atoms with E-state index in [9.17, 15) is 9.59 Å². The van der Waals surface area contributed by atoms with Crippen LogP contribution in [0.15, 0.2) is 48.5 Å². The van der Waals surface area contributed by atoms with Crippen molar-refractivity contribution in [3.8, 4) is 16.9 Å². The summed E-state index contributed by atoms with van der Waals surface area (Å²) in [5, 5.41) is 2.68. The normalized spacial score (nSPS) is 16.1. The fourth-order valence-electron chi connectivity index (χ4n) is 3.02. The van der Waals surface area contributed by atoms with Gasteiger partial charge in [-0.3, -0.25) is 9.69 Å². The first-order chi connectivity index (χ1) is 13.9. The second-order valence-corrected chi connectivity index (χ2v) is 7.28. The van der Waals surface area contributed by atoms with Crippen LogP contribution in [0.4, 0.5) is 10.5 Å². The summed E-state index contributed by atoms with van der Waals surface area (Å²) in [6, 6.07) is 15.7. The molecule has 7 nitrogen and oxygen atoms in total. The maximum absolute atomic E-state index is 12.1. The molecule has 0 spiro atoms. The van der Waals surface area contributed by atoms with E-state index in [0.29, 0.717) is 19.7 Å². The maximum Gasteiger partial charge on any atom is 0.414 e. The molecule has 2 aromatic rings. The standard InChI is InChI=1S/C22H27N3O4/c1-16(26)23-14-21-15-25(22(27)29-21)19-8-4-17(5-9-19)18-6-10-20(11-7-18)28-13-12-24(2)3/h4-11,21H,12-15H2,1-3H3,(H,23,26). The number of hydrogen-bond donors (Lipinski definition) is 1. The van der Waals surface area contributed by atoms with E-state index in [1.165, 1.54) is 6.92 Å². The van der Waals surface area contributed by atoms with E-state index in [0.717, 1.165) is 29.1 Å². The van der Waals surface area contributed by atoms with Gasteiger partial charge in [0, 0.05) is 19.2 Å². The monoisotopic (exact) mass is 397 g/mol. The van der Waals surface area contributed by atoms with Gasteiger partial charge >= 0.3 is 6.09 Å². The van der Waals surface area contributed by atoms with Crippen molar-refractivity contribution in [1.82, 2.24) is 10.2 Å². The molecule has 154 valence electrons. The minimum atomic E-state index is -0.396. The van der Waals surface area contributed by atoms with Gasteiger partial charge in [0.05, 0.1) is 13.1 Å². The lowest BCUT2D eigenvalue weighted by Gasteiger charge is -2.14. The Kier molecular flexibility index (Phi) is 6.72. The highest BCUT2D eigenvalue weighted by Gasteiger charge is 2.32. The number of anilines is 1. The van der Waals surface area contributed by atoms with E-state index in [-0.39, 0.29) is 12.0 Å². The van der Waals surface area contributed by atoms with E-state index in [2.05, 4.69) is 10.2 Å². The van der Waals surface area contributed by atoms with Crippen LogP contribution < -0.4 is 15.0 Å². The zero-order valence-corrected chi connectivity index (χ0v) is 17.1. The lowest BCUT2D eigenvalue weighted by atomic mass is 10.1. The summed E-state index contributed by atoms with van der Waals surface area (Å²) in [6.45, 7) is 3.69. The van der Waals surface area contributed by atoms with Crippen molar-refractivity contribution in [2.75, 3.05) is 45.2 Å². The average Bonchev–Trinajstić information content (AvgIpc) is 3.07. The predicted octanol–water partition coefficient (Wildman–Crippen LogP) is 2.76. The highest BCUT2D eigenvalue weighted by Crippen LogP contribution is 2.27. The third-order valence-corrected chi connectivity index (χ3v) is 4.63. The first kappa shape index (κ1) is 20.7. The second kappa shape index (κ2) is 9.43. The maximum atomic E-state index is 12.1. The van der Waals surface area contributed by atoms with Crippen molar-refractivity contribution in [1.29, 1.82) is 0 Å². The molecule has 3 rings (SSSR count). The Hall–Kier alpha value is -3.06. The predicted molar refractivity (Wildman–Crippen MR) is 112 cm³/mol. The zero-order valence-electron chi connectivity index (χ0n) is 17.1. The summed E-state index contributed by atoms with van der Waals surface area (Å²) < 4.78 is 11.0. The summed E-state index contributed by atoms with van der Waals surface area (Å²) in [5.74, 6) is 0.704. The van der Waals surface area contributed by atoms with Gasteiger partial charge in [0.1, 0.15) is 18.5 Å². The number of carbonyl (C=O) groups is 2. The van der Waals surface area contributed by atoms with Gasteiger partial charge < -0.3 is 19.7 Å². The van der Waals surface area contributed by atoms with Crippen LogP contribution in [0, 0.1) is 0 Å². The van der Waals surface area contributed by atoms with E-state index in [1.54, 1.807) is 4.90 Å². The topological polar surface area (TPSA) is 71.1 Å². The van der Waals surface area contributed by atoms with Crippen molar-refractivity contribution in [2.24, 2.45) is 0 Å². The molecule has 29 heavy (non-hydrogen) atoms. The highest BCUT2D eigenvalue weighted by atomic mass is 16.6. The third-order valence-electron chi connectivity index (χ3n) is 4.63. The number of likely N-dealkylation sites (N-methyl/N-ethyl adjacent to an activating group) is 1. The Morgan fingerprint density at radius 1 is 1.14 bits per heavy atom. The summed E-state index contributed by atoms with van der Waals surface area (Å²) >= 11 is 0. The summed E-state index contributed by atoms with van der Waals surface area (Å²) in [7, 11) is 4.03. The summed E-state index contributed by atoms with van der Waals surface area (Å²) in [4.78, 5) is 26.8. The molecule has 1 fully saturated rings. The minimum Gasteiger partial charge on any atom is -0.492 e. The molecule has 2 amide bonds. The molecule has 1 unspecified atom stereocenters. The zero-order chi connectivity index (χ0) is 20.8. The molecule has 2 aromatic carbocycles. The molecule has 1 N–H and O–H groups in total. The lowest BCUT2D eigenvalue weighted by molar-refractivity contribution is -0.119. The van der Waals surface area contributed by atoms with Crippen molar-refractivity contribution in [3.05, 3.63) is 48.5 Å². The number of nitrogens with one attached hydrogen (secondary N) is 1. The molecule has 0 aliphatic carbocycles. The second-order valence-electron chi connectivity index (χ2n) is 7.28. The number of rotatable bonds is 8. The molecule has 1 aliphatic heterocycles. The quantitative estimate of drug-likeness (QED) is 0.742. The first-order valence-corrected chi connectivity index (χ1v) is 9.63. The van der Waals surface area contributed by atoms with Crippen LogP contribution in [0.5, 0.6) is 5.75 Å². The minimum absolute atomic E-state index is 0.141. The van der Waals surface area contributed by atoms with E-state index in [4.69, 9.17) is 9.47 Å². The van der Waals surface area contributed by atoms with Crippen molar-refractivity contribution >= 4 is 17.7 Å². The van der Waals surface area contributed by atoms with Crippen LogP contribution >= 0.6 is 0 Å².